The molecule has 0 unspecified atom stereocenters. The number of hydrogen-bond acceptors (Lipinski definition) is 3. The number of rotatable bonds is 4. The Bertz CT molecular complexity index is 497. The highest BCUT2D eigenvalue weighted by Crippen LogP contribution is 2.23. The lowest BCUT2D eigenvalue weighted by atomic mass is 9.94. The third-order valence-corrected chi connectivity index (χ3v) is 4.78. The molecule has 1 fully saturated rings. The maximum Gasteiger partial charge on any atom is 0.321 e. The predicted octanol–water partition coefficient (Wildman–Crippen LogP) is 1.98. The van der Waals surface area contributed by atoms with E-state index in [0.29, 0.717) is 6.42 Å². The molecule has 0 spiro atoms. The Labute approximate surface area is 126 Å². The third kappa shape index (κ3) is 3.44. The van der Waals surface area contributed by atoms with Gasteiger partial charge >= 0.3 is 5.97 Å². The van der Waals surface area contributed by atoms with Crippen LogP contribution in [0.15, 0.2) is 24.3 Å². The largest absolute Gasteiger partial charge is 0.480 e. The number of carbonyl (C=O) groups is 1. The van der Waals surface area contributed by atoms with Gasteiger partial charge in [0.2, 0.25) is 0 Å². The number of likely N-dealkylation sites (tertiary alicyclic amines) is 1. The van der Waals surface area contributed by atoms with Crippen molar-refractivity contribution in [1.29, 1.82) is 0 Å². The fourth-order valence-electron chi connectivity index (χ4n) is 3.51. The number of benzene rings is 1. The van der Waals surface area contributed by atoms with Crippen molar-refractivity contribution < 1.29 is 9.90 Å². The van der Waals surface area contributed by atoms with E-state index in [0.717, 1.165) is 19.6 Å². The van der Waals surface area contributed by atoms with Crippen molar-refractivity contribution >= 4 is 5.97 Å². The van der Waals surface area contributed by atoms with Crippen molar-refractivity contribution in [2.24, 2.45) is 0 Å². The number of fused-ring (bicyclic) bond motifs is 1. The Morgan fingerprint density at radius 2 is 1.81 bits per heavy atom. The van der Waals surface area contributed by atoms with Gasteiger partial charge in [0.1, 0.15) is 6.04 Å². The van der Waals surface area contributed by atoms with Crippen LogP contribution < -0.4 is 0 Å². The smallest absolute Gasteiger partial charge is 0.321 e. The fourth-order valence-corrected chi connectivity index (χ4v) is 3.51. The molecule has 3 rings (SSSR count). The van der Waals surface area contributed by atoms with Gasteiger partial charge < -0.3 is 10.0 Å². The minimum Gasteiger partial charge on any atom is -0.480 e. The Morgan fingerprint density at radius 3 is 2.52 bits per heavy atom. The van der Waals surface area contributed by atoms with E-state index in [9.17, 15) is 9.90 Å². The minimum absolute atomic E-state index is 0.371. The molecule has 114 valence electrons. The van der Waals surface area contributed by atoms with Gasteiger partial charge in [-0.3, -0.25) is 9.69 Å². The predicted molar refractivity (Wildman–Crippen MR) is 82.3 cm³/mol. The minimum atomic E-state index is -0.692. The zero-order valence-electron chi connectivity index (χ0n) is 12.5. The summed E-state index contributed by atoms with van der Waals surface area (Å²) in [5.74, 6) is -0.692. The number of carboxylic acids is 1. The van der Waals surface area contributed by atoms with Crippen molar-refractivity contribution in [3.05, 3.63) is 35.4 Å². The molecule has 1 aromatic rings. The molecule has 4 heteroatoms. The molecule has 2 heterocycles. The number of nitrogens with zero attached hydrogens (tertiary/aromatic N) is 2. The maximum atomic E-state index is 11.6. The van der Waals surface area contributed by atoms with E-state index in [-0.39, 0.29) is 6.04 Å². The molecule has 0 saturated carbocycles. The molecule has 2 aliphatic rings. The van der Waals surface area contributed by atoms with Gasteiger partial charge in [0.25, 0.3) is 0 Å². The number of aliphatic carboxylic acids is 1. The van der Waals surface area contributed by atoms with Gasteiger partial charge in [-0.1, -0.05) is 30.7 Å². The first-order chi connectivity index (χ1) is 10.2. The van der Waals surface area contributed by atoms with Gasteiger partial charge in [0.05, 0.1) is 0 Å². The van der Waals surface area contributed by atoms with Crippen molar-refractivity contribution in [2.75, 3.05) is 26.2 Å². The standard InChI is InChI=1S/C17H24N2O2/c20-17(21)16-12-14-6-2-3-7-15(14)13-19(16)11-10-18-8-4-1-5-9-18/h2-3,6-7,16H,1,4-5,8-13H2,(H,20,21)/t16-/m0/s1. The number of carboxylic acid groups (broad SMARTS) is 1. The molecule has 1 atom stereocenters. The lowest BCUT2D eigenvalue weighted by Crippen LogP contribution is -2.48. The summed E-state index contributed by atoms with van der Waals surface area (Å²) in [6.07, 6.45) is 4.53. The third-order valence-electron chi connectivity index (χ3n) is 4.78. The summed E-state index contributed by atoms with van der Waals surface area (Å²) >= 11 is 0. The second-order valence-corrected chi connectivity index (χ2v) is 6.20. The molecule has 0 amide bonds. The summed E-state index contributed by atoms with van der Waals surface area (Å²) in [7, 11) is 0. The van der Waals surface area contributed by atoms with E-state index in [2.05, 4.69) is 21.9 Å². The topological polar surface area (TPSA) is 43.8 Å². The first kappa shape index (κ1) is 14.5. The highest BCUT2D eigenvalue weighted by molar-refractivity contribution is 5.74. The summed E-state index contributed by atoms with van der Waals surface area (Å²) in [6, 6.07) is 7.86. The normalized spacial score (nSPS) is 23.7. The molecule has 1 aromatic carbocycles. The average molecular weight is 288 g/mol. The molecular weight excluding hydrogens is 264 g/mol. The van der Waals surface area contributed by atoms with E-state index in [1.807, 2.05) is 12.1 Å². The summed E-state index contributed by atoms with van der Waals surface area (Å²) in [5, 5.41) is 9.52. The second kappa shape index (κ2) is 6.58. The van der Waals surface area contributed by atoms with Crippen LogP contribution in [-0.4, -0.2) is 53.1 Å². The molecule has 4 nitrogen and oxygen atoms in total. The van der Waals surface area contributed by atoms with Gasteiger partial charge in [0.15, 0.2) is 0 Å². The monoisotopic (exact) mass is 288 g/mol. The number of hydrogen-bond donors (Lipinski definition) is 1. The van der Waals surface area contributed by atoms with Gasteiger partial charge in [-0.2, -0.15) is 0 Å². The molecule has 0 aliphatic carbocycles. The van der Waals surface area contributed by atoms with Gasteiger partial charge in [-0.25, -0.2) is 0 Å². The fraction of sp³-hybridized carbons (Fsp3) is 0.588. The molecule has 0 bridgehead atoms. The van der Waals surface area contributed by atoms with Crippen molar-refractivity contribution in [3.63, 3.8) is 0 Å². The average Bonchev–Trinajstić information content (AvgIpc) is 2.53. The summed E-state index contributed by atoms with van der Waals surface area (Å²) in [4.78, 5) is 16.2. The lowest BCUT2D eigenvalue weighted by Gasteiger charge is -2.36. The van der Waals surface area contributed by atoms with E-state index in [1.165, 1.54) is 43.5 Å². The molecule has 21 heavy (non-hydrogen) atoms. The summed E-state index contributed by atoms with van der Waals surface area (Å²) in [5.41, 5.74) is 2.48. The molecule has 0 aromatic heterocycles. The van der Waals surface area contributed by atoms with Gasteiger partial charge in [-0.15, -0.1) is 0 Å². The maximum absolute atomic E-state index is 11.6. The van der Waals surface area contributed by atoms with Crippen molar-refractivity contribution in [3.8, 4) is 0 Å². The van der Waals surface area contributed by atoms with Crippen LogP contribution >= 0.6 is 0 Å². The van der Waals surface area contributed by atoms with Crippen LogP contribution in [0.1, 0.15) is 30.4 Å². The van der Waals surface area contributed by atoms with Crippen LogP contribution in [0.25, 0.3) is 0 Å². The van der Waals surface area contributed by atoms with Crippen LogP contribution in [0.3, 0.4) is 0 Å². The van der Waals surface area contributed by atoms with E-state index >= 15 is 0 Å². The Balaban J connectivity index is 1.66. The van der Waals surface area contributed by atoms with Crippen molar-refractivity contribution in [2.45, 2.75) is 38.3 Å². The quantitative estimate of drug-likeness (QED) is 0.920. The van der Waals surface area contributed by atoms with Crippen LogP contribution in [0.5, 0.6) is 0 Å². The van der Waals surface area contributed by atoms with E-state index in [4.69, 9.17) is 0 Å². The van der Waals surface area contributed by atoms with Gasteiger partial charge in [-0.05, 0) is 43.5 Å². The molecule has 2 aliphatic heterocycles. The van der Waals surface area contributed by atoms with Crippen LogP contribution in [0.4, 0.5) is 0 Å². The van der Waals surface area contributed by atoms with E-state index in [1.54, 1.807) is 0 Å². The summed E-state index contributed by atoms with van der Waals surface area (Å²) < 4.78 is 0. The van der Waals surface area contributed by atoms with E-state index < -0.39 is 5.97 Å². The molecule has 0 radical (unpaired) electrons. The first-order valence-corrected chi connectivity index (χ1v) is 8.00. The van der Waals surface area contributed by atoms with Crippen LogP contribution in [0.2, 0.25) is 0 Å². The zero-order chi connectivity index (χ0) is 14.7. The molecule has 1 N–H and O–H groups in total. The van der Waals surface area contributed by atoms with Crippen molar-refractivity contribution in [1.82, 2.24) is 9.80 Å². The molecular formula is C17H24N2O2. The summed E-state index contributed by atoms with van der Waals surface area (Å²) in [6.45, 7) is 4.95. The molecule has 1 saturated heterocycles. The van der Waals surface area contributed by atoms with Gasteiger partial charge in [0, 0.05) is 19.6 Å². The highest BCUT2D eigenvalue weighted by atomic mass is 16.4. The first-order valence-electron chi connectivity index (χ1n) is 8.00. The van der Waals surface area contributed by atoms with Crippen LogP contribution in [-0.2, 0) is 17.8 Å². The van der Waals surface area contributed by atoms with Crippen LogP contribution in [0, 0.1) is 0 Å². The Morgan fingerprint density at radius 1 is 1.10 bits per heavy atom. The Hall–Kier alpha value is -1.39. The lowest BCUT2D eigenvalue weighted by molar-refractivity contribution is -0.144. The SMILES string of the molecule is O=C(O)[C@@H]1Cc2ccccc2CN1CCN1CCCCC1. The Kier molecular flexibility index (Phi) is 4.56. The second-order valence-electron chi connectivity index (χ2n) is 6.20. The number of piperidine rings is 1. The highest BCUT2D eigenvalue weighted by Gasteiger charge is 2.31. The zero-order valence-corrected chi connectivity index (χ0v) is 12.5.